The zero-order valence-electron chi connectivity index (χ0n) is 16.8. The first kappa shape index (κ1) is 20.3. The van der Waals surface area contributed by atoms with Crippen molar-refractivity contribution in [1.29, 1.82) is 0 Å². The Kier molecular flexibility index (Phi) is 5.65. The molecule has 0 saturated carbocycles. The molecule has 3 aliphatic rings. The van der Waals surface area contributed by atoms with Gasteiger partial charge in [-0.2, -0.15) is 0 Å². The maximum atomic E-state index is 13.1. The zero-order valence-corrected chi connectivity index (χ0v) is 16.8. The summed E-state index contributed by atoms with van der Waals surface area (Å²) < 4.78 is 0. The van der Waals surface area contributed by atoms with Crippen LogP contribution in [0.25, 0.3) is 0 Å². The minimum atomic E-state index is -1.01. The third-order valence-electron chi connectivity index (χ3n) is 6.08. The highest BCUT2D eigenvalue weighted by Gasteiger charge is 2.44. The minimum Gasteiger partial charge on any atom is -0.339 e. The summed E-state index contributed by atoms with van der Waals surface area (Å²) in [4.78, 5) is 65.1. The molecule has 0 bridgehead atoms. The van der Waals surface area contributed by atoms with Gasteiger partial charge in [0.1, 0.15) is 6.04 Å². The van der Waals surface area contributed by atoms with E-state index < -0.39 is 29.7 Å². The van der Waals surface area contributed by atoms with Crippen molar-refractivity contribution in [2.45, 2.75) is 57.4 Å². The number of piperidine rings is 1. The van der Waals surface area contributed by atoms with E-state index in [4.69, 9.17) is 0 Å². The smallest absolute Gasteiger partial charge is 0.262 e. The lowest BCUT2D eigenvalue weighted by Gasteiger charge is -2.27. The van der Waals surface area contributed by atoms with Crippen molar-refractivity contribution in [3.05, 3.63) is 34.9 Å². The fourth-order valence-corrected chi connectivity index (χ4v) is 4.41. The molecule has 8 heteroatoms. The second-order valence-electron chi connectivity index (χ2n) is 8.12. The maximum Gasteiger partial charge on any atom is 0.262 e. The van der Waals surface area contributed by atoms with Crippen LogP contribution in [-0.4, -0.2) is 58.5 Å². The van der Waals surface area contributed by atoms with Crippen molar-refractivity contribution in [1.82, 2.24) is 15.1 Å². The molecular formula is C22H25N3O5. The Balaban J connectivity index is 1.56. The van der Waals surface area contributed by atoms with Gasteiger partial charge >= 0.3 is 0 Å². The highest BCUT2D eigenvalue weighted by Crippen LogP contribution is 2.28. The normalized spacial score (nSPS) is 22.9. The quantitative estimate of drug-likeness (QED) is 0.749. The van der Waals surface area contributed by atoms with Crippen molar-refractivity contribution >= 4 is 29.5 Å². The molecule has 1 N–H and O–H groups in total. The largest absolute Gasteiger partial charge is 0.339 e. The first-order chi connectivity index (χ1) is 14.5. The van der Waals surface area contributed by atoms with E-state index in [0.29, 0.717) is 18.7 Å². The molecule has 3 aliphatic heterocycles. The fourth-order valence-electron chi connectivity index (χ4n) is 4.41. The summed E-state index contributed by atoms with van der Waals surface area (Å²) in [7, 11) is 0. The number of carbonyl (C=O) groups excluding carboxylic acids is 5. The monoisotopic (exact) mass is 411 g/mol. The van der Waals surface area contributed by atoms with Crippen LogP contribution in [0.15, 0.2) is 18.2 Å². The molecule has 5 amide bonds. The van der Waals surface area contributed by atoms with E-state index in [1.807, 2.05) is 4.90 Å². The molecule has 158 valence electrons. The summed E-state index contributed by atoms with van der Waals surface area (Å²) in [5, 5.41) is 2.18. The summed E-state index contributed by atoms with van der Waals surface area (Å²) in [6, 6.07) is 3.53. The van der Waals surface area contributed by atoms with Crippen molar-refractivity contribution in [3.63, 3.8) is 0 Å². The first-order valence-electron chi connectivity index (χ1n) is 10.6. The van der Waals surface area contributed by atoms with E-state index in [1.54, 1.807) is 6.07 Å². The van der Waals surface area contributed by atoms with Gasteiger partial charge in [0.25, 0.3) is 17.7 Å². The van der Waals surface area contributed by atoms with E-state index in [0.717, 1.165) is 30.6 Å². The minimum absolute atomic E-state index is 0.0719. The molecule has 0 aliphatic carbocycles. The number of amides is 5. The van der Waals surface area contributed by atoms with Crippen LogP contribution < -0.4 is 5.32 Å². The number of hydrogen-bond donors (Lipinski definition) is 1. The third-order valence-corrected chi connectivity index (χ3v) is 6.08. The van der Waals surface area contributed by atoms with Gasteiger partial charge in [-0.15, -0.1) is 0 Å². The Morgan fingerprint density at radius 3 is 2.17 bits per heavy atom. The van der Waals surface area contributed by atoms with Crippen LogP contribution >= 0.6 is 0 Å². The molecule has 8 nitrogen and oxygen atoms in total. The van der Waals surface area contributed by atoms with Crippen molar-refractivity contribution < 1.29 is 24.0 Å². The molecule has 1 aromatic rings. The number of carbonyl (C=O) groups is 5. The van der Waals surface area contributed by atoms with Crippen molar-refractivity contribution in [3.8, 4) is 0 Å². The Morgan fingerprint density at radius 1 is 0.867 bits per heavy atom. The SMILES string of the molecule is O=C1CCC(N2C(=O)c3ccc(C(=O)N4CCCCCCCC4)cc3C2=O)C(=O)N1. The van der Waals surface area contributed by atoms with Gasteiger partial charge in [-0.1, -0.05) is 25.7 Å². The van der Waals surface area contributed by atoms with Crippen LogP contribution in [0.2, 0.25) is 0 Å². The van der Waals surface area contributed by atoms with E-state index in [9.17, 15) is 24.0 Å². The molecule has 0 aromatic heterocycles. The summed E-state index contributed by atoms with van der Waals surface area (Å²) in [5.74, 6) is -2.35. The van der Waals surface area contributed by atoms with Gasteiger partial charge in [-0.05, 0) is 37.5 Å². The lowest BCUT2D eigenvalue weighted by atomic mass is 10.0. The fraction of sp³-hybridized carbons (Fsp3) is 0.500. The second kappa shape index (κ2) is 8.38. The Bertz CT molecular complexity index is 915. The number of benzene rings is 1. The van der Waals surface area contributed by atoms with Crippen LogP contribution in [-0.2, 0) is 9.59 Å². The van der Waals surface area contributed by atoms with E-state index >= 15 is 0 Å². The molecule has 2 fully saturated rings. The van der Waals surface area contributed by atoms with Crippen molar-refractivity contribution in [2.24, 2.45) is 0 Å². The Morgan fingerprint density at radius 2 is 1.50 bits per heavy atom. The molecule has 1 aromatic carbocycles. The molecule has 2 saturated heterocycles. The molecule has 1 atom stereocenters. The average molecular weight is 411 g/mol. The van der Waals surface area contributed by atoms with Crippen LogP contribution in [0.1, 0.15) is 82.4 Å². The maximum absolute atomic E-state index is 13.1. The van der Waals surface area contributed by atoms with Crippen LogP contribution in [0.3, 0.4) is 0 Å². The predicted molar refractivity (Wildman–Crippen MR) is 107 cm³/mol. The van der Waals surface area contributed by atoms with Gasteiger partial charge in [0.2, 0.25) is 11.8 Å². The summed E-state index contributed by atoms with van der Waals surface area (Å²) in [6.07, 6.45) is 6.66. The van der Waals surface area contributed by atoms with Gasteiger partial charge < -0.3 is 4.90 Å². The second-order valence-corrected chi connectivity index (χ2v) is 8.12. The third kappa shape index (κ3) is 3.74. The van der Waals surface area contributed by atoms with Crippen LogP contribution in [0.5, 0.6) is 0 Å². The number of imide groups is 2. The molecule has 3 heterocycles. The van der Waals surface area contributed by atoms with Gasteiger partial charge in [-0.25, -0.2) is 0 Å². The molecule has 4 rings (SSSR count). The summed E-state index contributed by atoms with van der Waals surface area (Å²) in [6.45, 7) is 1.37. The number of rotatable bonds is 2. The van der Waals surface area contributed by atoms with Gasteiger partial charge in [-0.3, -0.25) is 34.2 Å². The van der Waals surface area contributed by atoms with Crippen LogP contribution in [0, 0.1) is 0 Å². The molecular weight excluding hydrogens is 386 g/mol. The lowest BCUT2D eigenvalue weighted by Crippen LogP contribution is -2.54. The molecule has 1 unspecified atom stereocenters. The van der Waals surface area contributed by atoms with Gasteiger partial charge in [0.15, 0.2) is 0 Å². The topological polar surface area (TPSA) is 104 Å². The standard InChI is InChI=1S/C22H25N3O5/c26-18-10-9-17(19(27)23-18)25-21(29)15-8-7-14(13-16(15)22(25)30)20(28)24-11-5-3-1-2-4-6-12-24/h7-8,13,17H,1-6,9-12H2,(H,23,26,27). The van der Waals surface area contributed by atoms with E-state index in [2.05, 4.69) is 5.32 Å². The number of hydrogen-bond acceptors (Lipinski definition) is 5. The number of fused-ring (bicyclic) bond motifs is 1. The predicted octanol–water partition coefficient (Wildman–Crippen LogP) is 1.88. The Hall–Kier alpha value is -3.03. The first-order valence-corrected chi connectivity index (χ1v) is 10.6. The van der Waals surface area contributed by atoms with Gasteiger partial charge in [0, 0.05) is 25.1 Å². The molecule has 0 radical (unpaired) electrons. The highest BCUT2D eigenvalue weighted by molar-refractivity contribution is 6.24. The van der Waals surface area contributed by atoms with E-state index in [1.165, 1.54) is 25.0 Å². The average Bonchev–Trinajstić information content (AvgIpc) is 3.06. The molecule has 0 spiro atoms. The van der Waals surface area contributed by atoms with Crippen LogP contribution in [0.4, 0.5) is 0 Å². The zero-order chi connectivity index (χ0) is 21.3. The highest BCUT2D eigenvalue weighted by atomic mass is 16.2. The summed E-state index contributed by atoms with van der Waals surface area (Å²) >= 11 is 0. The molecule has 30 heavy (non-hydrogen) atoms. The number of nitrogens with one attached hydrogen (secondary N) is 1. The summed E-state index contributed by atoms with van der Waals surface area (Å²) in [5.41, 5.74) is 0.699. The Labute approximate surface area is 174 Å². The van der Waals surface area contributed by atoms with Gasteiger partial charge in [0.05, 0.1) is 11.1 Å². The van der Waals surface area contributed by atoms with Crippen molar-refractivity contribution in [2.75, 3.05) is 13.1 Å². The lowest BCUT2D eigenvalue weighted by molar-refractivity contribution is -0.136. The number of nitrogens with zero attached hydrogens (tertiary/aromatic N) is 2. The van der Waals surface area contributed by atoms with E-state index in [-0.39, 0.29) is 29.9 Å².